The van der Waals surface area contributed by atoms with E-state index >= 15 is 0 Å². The highest BCUT2D eigenvalue weighted by Gasteiger charge is 2.13. The number of carbonyl (C=O) groups excluding carboxylic acids is 1. The zero-order chi connectivity index (χ0) is 26.6. The number of unbranched alkanes of at least 4 members (excludes halogenated alkanes) is 5. The summed E-state index contributed by atoms with van der Waals surface area (Å²) in [5, 5.41) is 9.94. The topological polar surface area (TPSA) is 66.7 Å². The number of carbonyl (C=O) groups is 1. The maximum atomic E-state index is 11.7. The summed E-state index contributed by atoms with van der Waals surface area (Å²) in [4.78, 5) is 14.1. The molecular weight excluding hydrogens is 474 g/mol. The molecule has 38 heavy (non-hydrogen) atoms. The minimum Gasteiger partial charge on any atom is -0.492 e. The molecule has 206 valence electrons. The lowest BCUT2D eigenvalue weighted by atomic mass is 9.99. The molecule has 1 aromatic heterocycles. The number of fused-ring (bicyclic) bond motifs is 1. The molecule has 1 heterocycles. The summed E-state index contributed by atoms with van der Waals surface area (Å²) in [5.74, 6) is 1.40. The minimum absolute atomic E-state index is 0.422. The van der Waals surface area contributed by atoms with Crippen molar-refractivity contribution in [3.8, 4) is 5.75 Å². The average Bonchev–Trinajstić information content (AvgIpc) is 3.60. The normalized spacial score (nSPS) is 14.0. The second-order valence-corrected chi connectivity index (χ2v) is 11.0. The van der Waals surface area contributed by atoms with Gasteiger partial charge in [0.25, 0.3) is 5.91 Å². The summed E-state index contributed by atoms with van der Waals surface area (Å²) < 4.78 is 8.04. The molecule has 0 aliphatic heterocycles. The average molecular weight is 520 g/mol. The Balaban J connectivity index is 1.10. The smallest absolute Gasteiger partial charge is 0.274 e. The number of rotatable bonds is 16. The molecule has 1 fully saturated rings. The first-order chi connectivity index (χ1) is 18.6. The third-order valence-corrected chi connectivity index (χ3v) is 7.99. The Morgan fingerprint density at radius 2 is 1.74 bits per heavy atom. The number of hydrogen-bond donors (Lipinski definition) is 2. The first-order valence-electron chi connectivity index (χ1n) is 14.6. The van der Waals surface area contributed by atoms with Crippen molar-refractivity contribution in [1.29, 1.82) is 0 Å². The van der Waals surface area contributed by atoms with Gasteiger partial charge in [0.05, 0.1) is 6.54 Å². The zero-order valence-electron chi connectivity index (χ0n) is 23.0. The molecule has 1 aliphatic rings. The molecule has 2 N–H and O–H groups in total. The van der Waals surface area contributed by atoms with Crippen molar-refractivity contribution in [3.05, 3.63) is 65.9 Å². The molecule has 6 heteroatoms. The van der Waals surface area contributed by atoms with Gasteiger partial charge in [0.1, 0.15) is 12.4 Å². The lowest BCUT2D eigenvalue weighted by Gasteiger charge is -2.17. The lowest BCUT2D eigenvalue weighted by molar-refractivity contribution is 0.0706. The summed E-state index contributed by atoms with van der Waals surface area (Å²) in [6, 6.07) is 15.8. The van der Waals surface area contributed by atoms with E-state index in [1.807, 2.05) is 30.5 Å². The van der Waals surface area contributed by atoms with Crippen LogP contribution in [0.4, 0.5) is 0 Å². The molecule has 0 unspecified atom stereocenters. The lowest BCUT2D eigenvalue weighted by Crippen LogP contribution is -2.19. The van der Waals surface area contributed by atoms with Crippen LogP contribution < -0.4 is 10.2 Å². The van der Waals surface area contributed by atoms with Crippen molar-refractivity contribution < 1.29 is 14.7 Å². The highest BCUT2D eigenvalue weighted by molar-refractivity contribution is 5.97. The fraction of sp³-hybridized carbons (Fsp3) is 0.531. The molecule has 1 aliphatic carbocycles. The summed E-state index contributed by atoms with van der Waals surface area (Å²) in [6.45, 7) is 3.30. The van der Waals surface area contributed by atoms with E-state index < -0.39 is 5.91 Å². The first-order valence-corrected chi connectivity index (χ1v) is 14.6. The molecule has 6 nitrogen and oxygen atoms in total. The van der Waals surface area contributed by atoms with Gasteiger partial charge in [-0.15, -0.1) is 0 Å². The molecule has 1 saturated carbocycles. The van der Waals surface area contributed by atoms with Gasteiger partial charge >= 0.3 is 0 Å². The molecule has 0 spiro atoms. The fourth-order valence-corrected chi connectivity index (χ4v) is 5.75. The van der Waals surface area contributed by atoms with Crippen molar-refractivity contribution in [2.75, 3.05) is 20.2 Å². The van der Waals surface area contributed by atoms with E-state index in [0.717, 1.165) is 35.7 Å². The Morgan fingerprint density at radius 3 is 2.50 bits per heavy atom. The van der Waals surface area contributed by atoms with E-state index in [1.54, 1.807) is 17.6 Å². The van der Waals surface area contributed by atoms with Crippen LogP contribution in [0.25, 0.3) is 10.9 Å². The van der Waals surface area contributed by atoms with Crippen LogP contribution >= 0.6 is 0 Å². The van der Waals surface area contributed by atoms with Crippen LogP contribution in [0.15, 0.2) is 54.7 Å². The van der Waals surface area contributed by atoms with Crippen molar-refractivity contribution in [2.24, 2.45) is 5.92 Å². The van der Waals surface area contributed by atoms with Crippen molar-refractivity contribution in [2.45, 2.75) is 83.7 Å². The summed E-state index contributed by atoms with van der Waals surface area (Å²) in [6.07, 6.45) is 17.7. The number of nitrogens with zero attached hydrogens (tertiary/aromatic N) is 2. The molecule has 4 rings (SSSR count). The largest absolute Gasteiger partial charge is 0.492 e. The Hall–Kier alpha value is -2.83. The van der Waals surface area contributed by atoms with Gasteiger partial charge in [0.15, 0.2) is 0 Å². The number of hydrogen-bond acceptors (Lipinski definition) is 4. The van der Waals surface area contributed by atoms with Crippen molar-refractivity contribution in [3.63, 3.8) is 0 Å². The molecular formula is C32H45N3O3. The molecule has 1 amide bonds. The van der Waals surface area contributed by atoms with Crippen LogP contribution in [-0.4, -0.2) is 40.8 Å². The number of amides is 1. The van der Waals surface area contributed by atoms with E-state index in [1.165, 1.54) is 76.2 Å². The minimum atomic E-state index is -0.512. The highest BCUT2D eigenvalue weighted by Crippen LogP contribution is 2.29. The van der Waals surface area contributed by atoms with Gasteiger partial charge in [-0.1, -0.05) is 82.4 Å². The standard InChI is InChI=1S/C32H45N3O3/c1-34(20-9-5-3-2-4-6-10-26-11-7-8-12-26)25-27-13-17-30(18-14-27)38-23-22-35-21-19-28-15-16-29(24-31(28)35)32(36)33-37/h13-19,21,24,26,37H,2-12,20,22-23,25H2,1H3,(H,33,36). The summed E-state index contributed by atoms with van der Waals surface area (Å²) in [5.41, 5.74) is 4.35. The maximum Gasteiger partial charge on any atom is 0.274 e. The van der Waals surface area contributed by atoms with Gasteiger partial charge in [-0.3, -0.25) is 10.0 Å². The Labute approximate surface area is 227 Å². The van der Waals surface area contributed by atoms with E-state index in [9.17, 15) is 4.79 Å². The SMILES string of the molecule is CN(CCCCCCCCC1CCCC1)Cc1ccc(OCCn2ccc3ccc(C(=O)NO)cc32)cc1. The second kappa shape index (κ2) is 14.9. The van der Waals surface area contributed by atoms with Crippen LogP contribution in [0.3, 0.4) is 0 Å². The molecule has 0 bridgehead atoms. The van der Waals surface area contributed by atoms with E-state index in [4.69, 9.17) is 9.94 Å². The fourth-order valence-electron chi connectivity index (χ4n) is 5.75. The monoisotopic (exact) mass is 519 g/mol. The van der Waals surface area contributed by atoms with Crippen LogP contribution in [0.5, 0.6) is 5.75 Å². The Morgan fingerprint density at radius 1 is 1.00 bits per heavy atom. The van der Waals surface area contributed by atoms with Crippen LogP contribution in [0.2, 0.25) is 0 Å². The molecule has 0 atom stereocenters. The number of aromatic nitrogens is 1. The van der Waals surface area contributed by atoms with Crippen molar-refractivity contribution in [1.82, 2.24) is 14.9 Å². The van der Waals surface area contributed by atoms with Gasteiger partial charge < -0.3 is 14.2 Å². The van der Waals surface area contributed by atoms with E-state index in [-0.39, 0.29) is 0 Å². The number of hydroxylamine groups is 1. The second-order valence-electron chi connectivity index (χ2n) is 11.0. The third-order valence-electron chi connectivity index (χ3n) is 7.99. The van der Waals surface area contributed by atoms with Gasteiger partial charge in [-0.25, -0.2) is 5.48 Å². The molecule has 0 saturated heterocycles. The Bertz CT molecular complexity index is 1120. The number of ether oxygens (including phenoxy) is 1. The quantitative estimate of drug-likeness (QED) is 0.119. The van der Waals surface area contributed by atoms with Crippen LogP contribution in [0, 0.1) is 5.92 Å². The summed E-state index contributed by atoms with van der Waals surface area (Å²) >= 11 is 0. The maximum absolute atomic E-state index is 11.7. The Kier molecular flexibility index (Phi) is 11.1. The van der Waals surface area contributed by atoms with Gasteiger partial charge in [0.2, 0.25) is 0 Å². The zero-order valence-corrected chi connectivity index (χ0v) is 23.0. The predicted octanol–water partition coefficient (Wildman–Crippen LogP) is 7.19. The first kappa shape index (κ1) is 28.2. The van der Waals surface area contributed by atoms with E-state index in [2.05, 4.69) is 28.6 Å². The van der Waals surface area contributed by atoms with Crippen LogP contribution in [-0.2, 0) is 13.1 Å². The molecule has 0 radical (unpaired) electrons. The molecule has 2 aromatic carbocycles. The van der Waals surface area contributed by atoms with Gasteiger partial charge in [-0.05, 0) is 67.2 Å². The van der Waals surface area contributed by atoms with Gasteiger partial charge in [0, 0.05) is 23.8 Å². The van der Waals surface area contributed by atoms with Crippen molar-refractivity contribution >= 4 is 16.8 Å². The van der Waals surface area contributed by atoms with E-state index in [0.29, 0.717) is 18.7 Å². The third kappa shape index (κ3) is 8.60. The molecule has 3 aromatic rings. The number of benzene rings is 2. The predicted molar refractivity (Wildman–Crippen MR) is 154 cm³/mol. The number of nitrogens with one attached hydrogen (secondary N) is 1. The summed E-state index contributed by atoms with van der Waals surface area (Å²) in [7, 11) is 2.21. The highest BCUT2D eigenvalue weighted by atomic mass is 16.5. The van der Waals surface area contributed by atoms with Gasteiger partial charge in [-0.2, -0.15) is 0 Å². The van der Waals surface area contributed by atoms with Crippen LogP contribution in [0.1, 0.15) is 86.6 Å².